The molecule has 4 heteroatoms. The first-order valence-corrected chi connectivity index (χ1v) is 8.81. The van der Waals surface area contributed by atoms with Crippen LogP contribution in [-0.4, -0.2) is 41.6 Å². The molecule has 0 aliphatic carbocycles. The molecule has 0 saturated carbocycles. The van der Waals surface area contributed by atoms with Crippen molar-refractivity contribution in [2.75, 3.05) is 26.2 Å². The normalized spacial score (nSPS) is 22.9. The summed E-state index contributed by atoms with van der Waals surface area (Å²) < 4.78 is 2.21. The highest BCUT2D eigenvalue weighted by Crippen LogP contribution is 2.29. The predicted molar refractivity (Wildman–Crippen MR) is 95.7 cm³/mol. The van der Waals surface area contributed by atoms with E-state index in [0.29, 0.717) is 11.8 Å². The van der Waals surface area contributed by atoms with E-state index in [1.54, 1.807) is 0 Å². The second-order valence-corrected chi connectivity index (χ2v) is 7.30. The summed E-state index contributed by atoms with van der Waals surface area (Å²) in [6.45, 7) is 10.1. The molecule has 126 valence electrons. The summed E-state index contributed by atoms with van der Waals surface area (Å²) in [4.78, 5) is 15.1. The van der Waals surface area contributed by atoms with Crippen LogP contribution in [0.15, 0.2) is 30.3 Å². The molecular formula is C20H25N3O. The second kappa shape index (κ2) is 5.78. The Morgan fingerprint density at radius 3 is 2.42 bits per heavy atom. The van der Waals surface area contributed by atoms with E-state index in [1.807, 2.05) is 0 Å². The molecule has 24 heavy (non-hydrogen) atoms. The predicted octanol–water partition coefficient (Wildman–Crippen LogP) is 2.69. The van der Waals surface area contributed by atoms with Gasteiger partial charge in [-0.05, 0) is 50.3 Å². The van der Waals surface area contributed by atoms with Crippen LogP contribution in [0, 0.1) is 32.6 Å². The van der Waals surface area contributed by atoms with E-state index in [4.69, 9.17) is 0 Å². The molecule has 2 fully saturated rings. The molecule has 3 heterocycles. The standard InChI is InChI=1S/C20H25N3O/c1-13-6-4-5-7-19(13)23-14(2)8-18(15(23)3)20(24)22-11-16-9-21-10-17(16)12-22/h4-8,16-17,21H,9-12H2,1-3H3/t16-,17+. The number of benzene rings is 1. The molecule has 4 rings (SSSR count). The Balaban J connectivity index is 1.67. The number of hydrogen-bond donors (Lipinski definition) is 1. The molecule has 0 bridgehead atoms. The number of hydrogen-bond acceptors (Lipinski definition) is 2. The van der Waals surface area contributed by atoms with Crippen LogP contribution in [0.4, 0.5) is 0 Å². The maximum atomic E-state index is 13.1. The quantitative estimate of drug-likeness (QED) is 0.923. The maximum absolute atomic E-state index is 13.1. The number of para-hydroxylation sites is 1. The number of nitrogens with one attached hydrogen (secondary N) is 1. The second-order valence-electron chi connectivity index (χ2n) is 7.30. The fraction of sp³-hybridized carbons (Fsp3) is 0.450. The molecule has 2 saturated heterocycles. The van der Waals surface area contributed by atoms with E-state index >= 15 is 0 Å². The number of carbonyl (C=O) groups excluding carboxylic acids is 1. The molecule has 2 aliphatic heterocycles. The lowest BCUT2D eigenvalue weighted by Gasteiger charge is -2.18. The van der Waals surface area contributed by atoms with Crippen molar-refractivity contribution < 1.29 is 4.79 Å². The maximum Gasteiger partial charge on any atom is 0.255 e. The van der Waals surface area contributed by atoms with E-state index in [2.05, 4.69) is 65.9 Å². The third kappa shape index (κ3) is 2.37. The average Bonchev–Trinajstić information content (AvgIpc) is 3.22. The van der Waals surface area contributed by atoms with E-state index in [1.165, 1.54) is 5.56 Å². The molecule has 0 radical (unpaired) electrons. The van der Waals surface area contributed by atoms with Gasteiger partial charge in [-0.1, -0.05) is 18.2 Å². The third-order valence-electron chi connectivity index (χ3n) is 5.69. The first-order valence-electron chi connectivity index (χ1n) is 8.81. The highest BCUT2D eigenvalue weighted by Gasteiger charge is 2.38. The lowest BCUT2D eigenvalue weighted by molar-refractivity contribution is 0.0781. The van der Waals surface area contributed by atoms with Gasteiger partial charge in [0.15, 0.2) is 0 Å². The fourth-order valence-corrected chi connectivity index (χ4v) is 4.36. The largest absolute Gasteiger partial charge is 0.338 e. The number of aryl methyl sites for hydroxylation is 2. The molecule has 4 nitrogen and oxygen atoms in total. The molecule has 1 amide bonds. The first-order chi connectivity index (χ1) is 11.6. The number of aromatic nitrogens is 1. The minimum atomic E-state index is 0.192. The van der Waals surface area contributed by atoms with Gasteiger partial charge in [-0.15, -0.1) is 0 Å². The summed E-state index contributed by atoms with van der Waals surface area (Å²) in [5.41, 5.74) is 5.39. The third-order valence-corrected chi connectivity index (χ3v) is 5.69. The monoisotopic (exact) mass is 323 g/mol. The molecule has 1 aromatic heterocycles. The highest BCUT2D eigenvalue weighted by molar-refractivity contribution is 5.96. The van der Waals surface area contributed by atoms with Crippen molar-refractivity contribution in [2.45, 2.75) is 20.8 Å². The van der Waals surface area contributed by atoms with Crippen molar-refractivity contribution in [1.82, 2.24) is 14.8 Å². The van der Waals surface area contributed by atoms with Crippen molar-refractivity contribution in [3.05, 3.63) is 52.8 Å². The molecule has 1 aromatic carbocycles. The minimum absolute atomic E-state index is 0.192. The Morgan fingerprint density at radius 2 is 1.75 bits per heavy atom. The van der Waals surface area contributed by atoms with Gasteiger partial charge in [-0.3, -0.25) is 4.79 Å². The van der Waals surface area contributed by atoms with Crippen molar-refractivity contribution in [1.29, 1.82) is 0 Å². The molecule has 2 aromatic rings. The number of carbonyl (C=O) groups is 1. The molecular weight excluding hydrogens is 298 g/mol. The molecule has 0 spiro atoms. The van der Waals surface area contributed by atoms with Gasteiger partial charge in [0.1, 0.15) is 0 Å². The Bertz CT molecular complexity index is 780. The van der Waals surface area contributed by atoms with Crippen molar-refractivity contribution in [2.24, 2.45) is 11.8 Å². The Hall–Kier alpha value is -2.07. The lowest BCUT2D eigenvalue weighted by atomic mass is 10.0. The summed E-state index contributed by atoms with van der Waals surface area (Å²) in [6.07, 6.45) is 0. The summed E-state index contributed by atoms with van der Waals surface area (Å²) in [6, 6.07) is 10.4. The summed E-state index contributed by atoms with van der Waals surface area (Å²) in [5, 5.41) is 3.43. The smallest absolute Gasteiger partial charge is 0.255 e. The number of nitrogens with zero attached hydrogens (tertiary/aromatic N) is 2. The van der Waals surface area contributed by atoms with Gasteiger partial charge in [-0.25, -0.2) is 0 Å². The zero-order chi connectivity index (χ0) is 16.8. The van der Waals surface area contributed by atoms with Crippen molar-refractivity contribution in [3.8, 4) is 5.69 Å². The van der Waals surface area contributed by atoms with Crippen molar-refractivity contribution in [3.63, 3.8) is 0 Å². The Kier molecular flexibility index (Phi) is 3.72. The van der Waals surface area contributed by atoms with Crippen LogP contribution >= 0.6 is 0 Å². The highest BCUT2D eigenvalue weighted by atomic mass is 16.2. The fourth-order valence-electron chi connectivity index (χ4n) is 4.36. The molecule has 0 unspecified atom stereocenters. The number of likely N-dealkylation sites (tertiary alicyclic amines) is 1. The van der Waals surface area contributed by atoms with Crippen molar-refractivity contribution >= 4 is 5.91 Å². The first kappa shape index (κ1) is 15.5. The summed E-state index contributed by atoms with van der Waals surface area (Å²) >= 11 is 0. The van der Waals surface area contributed by atoms with E-state index < -0.39 is 0 Å². The number of amides is 1. The number of fused-ring (bicyclic) bond motifs is 1. The summed E-state index contributed by atoms with van der Waals surface area (Å²) in [5.74, 6) is 1.46. The molecule has 2 atom stereocenters. The van der Waals surface area contributed by atoms with Gasteiger partial charge in [0.2, 0.25) is 0 Å². The number of rotatable bonds is 2. The molecule has 1 N–H and O–H groups in total. The van der Waals surface area contributed by atoms with Gasteiger partial charge >= 0.3 is 0 Å². The zero-order valence-electron chi connectivity index (χ0n) is 14.7. The summed E-state index contributed by atoms with van der Waals surface area (Å²) in [7, 11) is 0. The van der Waals surface area contributed by atoms with Crippen LogP contribution < -0.4 is 5.32 Å². The SMILES string of the molecule is Cc1ccccc1-n1c(C)cc(C(=O)N2C[C@H]3CNC[C@H]3C2)c1C. The van der Waals surface area contributed by atoms with Crippen LogP contribution in [0.2, 0.25) is 0 Å². The van der Waals surface area contributed by atoms with Gasteiger partial charge in [0.25, 0.3) is 5.91 Å². The van der Waals surface area contributed by atoms with Gasteiger partial charge < -0.3 is 14.8 Å². The lowest BCUT2D eigenvalue weighted by Crippen LogP contribution is -2.32. The molecule has 2 aliphatic rings. The van der Waals surface area contributed by atoms with Gasteiger partial charge in [0.05, 0.1) is 5.56 Å². The van der Waals surface area contributed by atoms with Crippen LogP contribution in [-0.2, 0) is 0 Å². The minimum Gasteiger partial charge on any atom is -0.338 e. The topological polar surface area (TPSA) is 37.3 Å². The van der Waals surface area contributed by atoms with Crippen LogP contribution in [0.25, 0.3) is 5.69 Å². The van der Waals surface area contributed by atoms with Crippen LogP contribution in [0.1, 0.15) is 27.3 Å². The van der Waals surface area contributed by atoms with Crippen LogP contribution in [0.3, 0.4) is 0 Å². The Labute approximate surface area is 143 Å². The zero-order valence-corrected chi connectivity index (χ0v) is 14.7. The average molecular weight is 323 g/mol. The van der Waals surface area contributed by atoms with E-state index in [9.17, 15) is 4.79 Å². The van der Waals surface area contributed by atoms with E-state index in [-0.39, 0.29) is 5.91 Å². The Morgan fingerprint density at radius 1 is 1.08 bits per heavy atom. The van der Waals surface area contributed by atoms with Gasteiger partial charge in [-0.2, -0.15) is 0 Å². The van der Waals surface area contributed by atoms with Gasteiger partial charge in [0, 0.05) is 43.3 Å². The van der Waals surface area contributed by atoms with E-state index in [0.717, 1.165) is 48.8 Å². The van der Waals surface area contributed by atoms with Crippen LogP contribution in [0.5, 0.6) is 0 Å².